The van der Waals surface area contributed by atoms with Crippen LogP contribution in [-0.4, -0.2) is 33.3 Å². The van der Waals surface area contributed by atoms with Crippen molar-refractivity contribution in [1.29, 1.82) is 0 Å². The molecule has 0 saturated heterocycles. The van der Waals surface area contributed by atoms with Crippen LogP contribution in [0.2, 0.25) is 0 Å². The van der Waals surface area contributed by atoms with Gasteiger partial charge in [0.15, 0.2) is 11.6 Å². The van der Waals surface area contributed by atoms with Gasteiger partial charge in [-0.25, -0.2) is 4.39 Å². The summed E-state index contributed by atoms with van der Waals surface area (Å²) in [7, 11) is 1.48. The fraction of sp³-hybridized carbons (Fsp3) is 0.300. The van der Waals surface area contributed by atoms with E-state index in [4.69, 9.17) is 9.84 Å². The maximum Gasteiger partial charge on any atom is 0.165 e. The first-order valence-corrected chi connectivity index (χ1v) is 8.67. The third kappa shape index (κ3) is 3.96. The molecule has 0 radical (unpaired) electrons. The second-order valence-electron chi connectivity index (χ2n) is 6.59. The minimum atomic E-state index is -0.319. The normalized spacial score (nSPS) is 13.7. The van der Waals surface area contributed by atoms with Gasteiger partial charge in [0.25, 0.3) is 0 Å². The smallest absolute Gasteiger partial charge is 0.165 e. The lowest BCUT2D eigenvalue weighted by Gasteiger charge is -2.27. The van der Waals surface area contributed by atoms with Gasteiger partial charge in [-0.3, -0.25) is 14.6 Å². The van der Waals surface area contributed by atoms with Crippen molar-refractivity contribution < 1.29 is 9.13 Å². The Balaban J connectivity index is 0.00000210. The third-order valence-electron chi connectivity index (χ3n) is 4.75. The van der Waals surface area contributed by atoms with Crippen molar-refractivity contribution in [3.8, 4) is 17.1 Å². The second kappa shape index (κ2) is 8.06. The molecule has 0 aliphatic carbocycles. The van der Waals surface area contributed by atoms with E-state index in [2.05, 4.69) is 20.6 Å². The Labute approximate surface area is 164 Å². The Morgan fingerprint density at radius 1 is 1.19 bits per heavy atom. The van der Waals surface area contributed by atoms with Gasteiger partial charge in [-0.15, -0.1) is 12.4 Å². The number of rotatable bonds is 4. The predicted molar refractivity (Wildman–Crippen MR) is 105 cm³/mol. The summed E-state index contributed by atoms with van der Waals surface area (Å²) in [6.45, 7) is 5.23. The standard InChI is InChI=1S/C20H21FN4O.ClH/c1-14-4-3-7-22-20(14)18-11-16-13-24(8-9-25(16)23-18)12-15-5-6-19(26-2)17(21)10-15;/h3-7,10-11H,8-9,12-13H2,1-2H3;1H. The van der Waals surface area contributed by atoms with Crippen LogP contribution in [0.1, 0.15) is 16.8 Å². The molecule has 0 amide bonds. The molecule has 5 nitrogen and oxygen atoms in total. The van der Waals surface area contributed by atoms with Crippen LogP contribution in [0, 0.1) is 12.7 Å². The lowest BCUT2D eigenvalue weighted by atomic mass is 10.1. The lowest BCUT2D eigenvalue weighted by Crippen LogP contribution is -2.33. The Kier molecular flexibility index (Phi) is 5.77. The molecule has 4 rings (SSSR count). The molecule has 0 N–H and O–H groups in total. The molecule has 0 saturated carbocycles. The Bertz CT molecular complexity index is 943. The molecule has 0 fully saturated rings. The van der Waals surface area contributed by atoms with Crippen LogP contribution in [0.4, 0.5) is 4.39 Å². The molecule has 3 heterocycles. The summed E-state index contributed by atoms with van der Waals surface area (Å²) >= 11 is 0. The van der Waals surface area contributed by atoms with Crippen molar-refractivity contribution >= 4 is 12.4 Å². The summed E-state index contributed by atoms with van der Waals surface area (Å²) in [5.74, 6) is -0.0409. The summed E-state index contributed by atoms with van der Waals surface area (Å²) in [4.78, 5) is 6.76. The number of methoxy groups -OCH3 is 1. The van der Waals surface area contributed by atoms with Gasteiger partial charge >= 0.3 is 0 Å². The number of halogens is 2. The zero-order valence-electron chi connectivity index (χ0n) is 15.4. The highest BCUT2D eigenvalue weighted by Crippen LogP contribution is 2.24. The highest BCUT2D eigenvalue weighted by Gasteiger charge is 2.20. The van der Waals surface area contributed by atoms with E-state index in [9.17, 15) is 4.39 Å². The molecule has 0 unspecified atom stereocenters. The summed E-state index contributed by atoms with van der Waals surface area (Å²) in [6.07, 6.45) is 1.80. The van der Waals surface area contributed by atoms with Gasteiger partial charge in [0, 0.05) is 25.8 Å². The Morgan fingerprint density at radius 2 is 2.04 bits per heavy atom. The Hall–Kier alpha value is -2.44. The first-order valence-electron chi connectivity index (χ1n) is 8.67. The molecule has 0 atom stereocenters. The number of fused-ring (bicyclic) bond motifs is 1. The average molecular weight is 389 g/mol. The largest absolute Gasteiger partial charge is 0.494 e. The molecule has 0 spiro atoms. The maximum atomic E-state index is 13.9. The summed E-state index contributed by atoms with van der Waals surface area (Å²) < 4.78 is 20.9. The van der Waals surface area contributed by atoms with Gasteiger partial charge in [-0.2, -0.15) is 5.10 Å². The van der Waals surface area contributed by atoms with E-state index >= 15 is 0 Å². The van der Waals surface area contributed by atoms with E-state index in [1.165, 1.54) is 7.11 Å². The summed E-state index contributed by atoms with van der Waals surface area (Å²) in [5.41, 5.74) is 5.06. The number of ether oxygens (including phenoxy) is 1. The van der Waals surface area contributed by atoms with Crippen molar-refractivity contribution in [3.63, 3.8) is 0 Å². The number of aryl methyl sites for hydroxylation is 1. The highest BCUT2D eigenvalue weighted by molar-refractivity contribution is 5.85. The summed E-state index contributed by atoms with van der Waals surface area (Å²) in [5, 5.41) is 4.71. The number of nitrogens with zero attached hydrogens (tertiary/aromatic N) is 4. The van der Waals surface area contributed by atoms with Crippen LogP contribution in [-0.2, 0) is 19.6 Å². The second-order valence-corrected chi connectivity index (χ2v) is 6.59. The minimum absolute atomic E-state index is 0. The number of aromatic nitrogens is 3. The van der Waals surface area contributed by atoms with Crippen LogP contribution in [0.5, 0.6) is 5.75 Å². The quantitative estimate of drug-likeness (QED) is 0.681. The molecule has 2 aromatic heterocycles. The topological polar surface area (TPSA) is 43.2 Å². The van der Waals surface area contributed by atoms with Gasteiger partial charge < -0.3 is 4.74 Å². The molecule has 27 heavy (non-hydrogen) atoms. The maximum absolute atomic E-state index is 13.9. The third-order valence-corrected chi connectivity index (χ3v) is 4.75. The molecule has 1 aromatic carbocycles. The molecule has 0 bridgehead atoms. The van der Waals surface area contributed by atoms with E-state index in [1.807, 2.05) is 25.1 Å². The lowest BCUT2D eigenvalue weighted by molar-refractivity contribution is 0.205. The molecule has 7 heteroatoms. The van der Waals surface area contributed by atoms with Gasteiger partial charge in [-0.05, 0) is 42.3 Å². The predicted octanol–water partition coefficient (Wildman–Crippen LogP) is 3.84. The van der Waals surface area contributed by atoms with E-state index in [0.29, 0.717) is 6.54 Å². The molecule has 1 aliphatic rings. The van der Waals surface area contributed by atoms with Gasteiger partial charge in [0.1, 0.15) is 5.69 Å². The van der Waals surface area contributed by atoms with Crippen molar-refractivity contribution in [2.24, 2.45) is 0 Å². The van der Waals surface area contributed by atoms with Crippen LogP contribution in [0.15, 0.2) is 42.6 Å². The zero-order valence-corrected chi connectivity index (χ0v) is 16.2. The first kappa shape index (κ1) is 19.3. The number of hydrogen-bond acceptors (Lipinski definition) is 4. The summed E-state index contributed by atoms with van der Waals surface area (Å²) in [6, 6.07) is 11.2. The molecule has 3 aromatic rings. The molecular formula is C20H22ClFN4O. The molecular weight excluding hydrogens is 367 g/mol. The van der Waals surface area contributed by atoms with Crippen LogP contribution >= 0.6 is 12.4 Å². The minimum Gasteiger partial charge on any atom is -0.494 e. The van der Waals surface area contributed by atoms with Gasteiger partial charge in [-0.1, -0.05) is 12.1 Å². The van der Waals surface area contributed by atoms with Crippen molar-refractivity contribution in [1.82, 2.24) is 19.7 Å². The van der Waals surface area contributed by atoms with E-state index < -0.39 is 0 Å². The van der Waals surface area contributed by atoms with E-state index in [0.717, 1.165) is 47.8 Å². The van der Waals surface area contributed by atoms with E-state index in [1.54, 1.807) is 18.3 Å². The fourth-order valence-corrected chi connectivity index (χ4v) is 3.39. The number of pyridine rings is 1. The number of benzene rings is 1. The van der Waals surface area contributed by atoms with Crippen LogP contribution < -0.4 is 4.74 Å². The zero-order chi connectivity index (χ0) is 18.1. The van der Waals surface area contributed by atoms with E-state index in [-0.39, 0.29) is 24.0 Å². The SMILES string of the molecule is COc1ccc(CN2CCn3nc(-c4ncccc4C)cc3C2)cc1F.Cl. The van der Waals surface area contributed by atoms with Gasteiger partial charge in [0.2, 0.25) is 0 Å². The monoisotopic (exact) mass is 388 g/mol. The van der Waals surface area contributed by atoms with Crippen molar-refractivity contribution in [3.05, 3.63) is 65.2 Å². The van der Waals surface area contributed by atoms with Crippen molar-refractivity contribution in [2.45, 2.75) is 26.6 Å². The van der Waals surface area contributed by atoms with Gasteiger partial charge in [0.05, 0.1) is 25.0 Å². The van der Waals surface area contributed by atoms with Crippen LogP contribution in [0.25, 0.3) is 11.4 Å². The average Bonchev–Trinajstić information content (AvgIpc) is 3.05. The molecule has 1 aliphatic heterocycles. The van der Waals surface area contributed by atoms with Crippen LogP contribution in [0.3, 0.4) is 0 Å². The fourth-order valence-electron chi connectivity index (χ4n) is 3.39. The molecule has 142 valence electrons. The van der Waals surface area contributed by atoms with Crippen molar-refractivity contribution in [2.75, 3.05) is 13.7 Å². The first-order chi connectivity index (χ1) is 12.6. The highest BCUT2D eigenvalue weighted by atomic mass is 35.5. The Morgan fingerprint density at radius 3 is 2.78 bits per heavy atom. The number of hydrogen-bond donors (Lipinski definition) is 0.